The zero-order valence-corrected chi connectivity index (χ0v) is 16.8. The molecule has 1 aromatic carbocycles. The summed E-state index contributed by atoms with van der Waals surface area (Å²) in [6, 6.07) is 9.19. The Balaban J connectivity index is 0.00000153. The predicted molar refractivity (Wildman–Crippen MR) is 107 cm³/mol. The van der Waals surface area contributed by atoms with Gasteiger partial charge in [-0.05, 0) is 24.8 Å². The summed E-state index contributed by atoms with van der Waals surface area (Å²) in [5.74, 6) is -0.648. The number of hydrogen-bond donors (Lipinski definition) is 4. The Hall–Kier alpha value is -1.41. The Labute approximate surface area is 163 Å². The van der Waals surface area contributed by atoms with E-state index >= 15 is 0 Å². The van der Waals surface area contributed by atoms with E-state index < -0.39 is 18.9 Å². The van der Waals surface area contributed by atoms with Crippen LogP contribution in [0.4, 0.5) is 0 Å². The Morgan fingerprint density at radius 3 is 2.00 bits per heavy atom. The number of aliphatic hydroxyl groups is 1. The lowest BCUT2D eigenvalue weighted by molar-refractivity contribution is -0.174. The summed E-state index contributed by atoms with van der Waals surface area (Å²) in [5.41, 5.74) is -0.918. The molecule has 0 fully saturated rings. The first-order valence-corrected chi connectivity index (χ1v) is 9.83. The van der Waals surface area contributed by atoms with Crippen molar-refractivity contribution in [3.05, 3.63) is 35.9 Å². The number of ether oxygens (including phenoxy) is 1. The van der Waals surface area contributed by atoms with E-state index in [0.29, 0.717) is 12.2 Å². The summed E-state index contributed by atoms with van der Waals surface area (Å²) in [5, 5.41) is 32.7. The highest BCUT2D eigenvalue weighted by Crippen LogP contribution is 2.35. The molecule has 0 heterocycles. The third kappa shape index (κ3) is 9.38. The van der Waals surface area contributed by atoms with Crippen molar-refractivity contribution in [1.29, 1.82) is 0 Å². The molecular weight excluding hydrogens is 347 g/mol. The highest BCUT2D eigenvalue weighted by molar-refractivity contribution is 6.30. The molecule has 27 heavy (non-hydrogen) atoms. The molecule has 6 nitrogen and oxygen atoms in total. The molecule has 0 aromatic heterocycles. The van der Waals surface area contributed by atoms with Crippen LogP contribution in [-0.2, 0) is 15.1 Å². The molecule has 0 spiro atoms. The molecule has 0 aliphatic rings. The fraction of sp³-hybridized carbons (Fsp3) is 0.650. The predicted octanol–water partition coefficient (Wildman–Crippen LogP) is 2.77. The molecule has 4 N–H and O–H groups in total. The lowest BCUT2D eigenvalue weighted by atomic mass is 9.78. The number of benzene rings is 1. The second kappa shape index (κ2) is 14.6. The largest absolute Gasteiger partial charge is 0.631 e. The standard InChI is InChI=1S/C20H32O3.BH3O3/c1-4-7-8-9-13-16-23-19(21)20(22,17(5-2)6-3)18-14-11-10-12-15-18;2-1(3)4/h10-12,14-15,17,22H,4-9,13,16H2,1-3H3;2-4H. The van der Waals surface area contributed by atoms with Crippen LogP contribution in [0.3, 0.4) is 0 Å². The molecule has 1 aromatic rings. The van der Waals surface area contributed by atoms with Crippen LogP contribution < -0.4 is 0 Å². The van der Waals surface area contributed by atoms with Gasteiger partial charge in [0.25, 0.3) is 0 Å². The van der Waals surface area contributed by atoms with Gasteiger partial charge in [0.05, 0.1) is 6.61 Å². The molecule has 7 heteroatoms. The van der Waals surface area contributed by atoms with Gasteiger partial charge < -0.3 is 24.9 Å². The van der Waals surface area contributed by atoms with Crippen LogP contribution in [0.1, 0.15) is 71.3 Å². The van der Waals surface area contributed by atoms with Crippen LogP contribution in [0.15, 0.2) is 30.3 Å². The second-order valence-corrected chi connectivity index (χ2v) is 6.54. The highest BCUT2D eigenvalue weighted by Gasteiger charge is 2.45. The summed E-state index contributed by atoms with van der Waals surface area (Å²) in [7, 11) is -2.17. The van der Waals surface area contributed by atoms with Gasteiger partial charge in [-0.25, -0.2) is 4.79 Å². The fourth-order valence-electron chi connectivity index (χ4n) is 3.07. The van der Waals surface area contributed by atoms with E-state index in [0.717, 1.165) is 25.7 Å². The molecule has 0 bridgehead atoms. The van der Waals surface area contributed by atoms with E-state index in [9.17, 15) is 9.90 Å². The summed E-state index contributed by atoms with van der Waals surface area (Å²) < 4.78 is 5.44. The summed E-state index contributed by atoms with van der Waals surface area (Å²) in [6.07, 6.45) is 6.97. The maximum atomic E-state index is 12.6. The first-order chi connectivity index (χ1) is 12.8. The molecule has 0 saturated carbocycles. The smallest absolute Gasteiger partial charge is 0.463 e. The van der Waals surface area contributed by atoms with Gasteiger partial charge in [0, 0.05) is 5.92 Å². The van der Waals surface area contributed by atoms with Gasteiger partial charge in [-0.1, -0.05) is 76.8 Å². The second-order valence-electron chi connectivity index (χ2n) is 6.54. The van der Waals surface area contributed by atoms with Crippen molar-refractivity contribution in [3.63, 3.8) is 0 Å². The molecule has 0 aliphatic carbocycles. The topological polar surface area (TPSA) is 107 Å². The first kappa shape index (κ1) is 25.6. The van der Waals surface area contributed by atoms with Crippen LogP contribution in [-0.4, -0.2) is 40.1 Å². The Morgan fingerprint density at radius 1 is 1.00 bits per heavy atom. The van der Waals surface area contributed by atoms with Crippen molar-refractivity contribution in [2.45, 2.75) is 71.3 Å². The minimum atomic E-state index is -2.17. The van der Waals surface area contributed by atoms with Gasteiger partial charge in [-0.3, -0.25) is 0 Å². The van der Waals surface area contributed by atoms with Gasteiger partial charge in [0.15, 0.2) is 5.60 Å². The normalized spacial score (nSPS) is 12.7. The monoisotopic (exact) mass is 382 g/mol. The lowest BCUT2D eigenvalue weighted by Gasteiger charge is -2.33. The van der Waals surface area contributed by atoms with Crippen LogP contribution in [0.5, 0.6) is 0 Å². The van der Waals surface area contributed by atoms with Crippen molar-refractivity contribution < 1.29 is 29.7 Å². The third-order valence-corrected chi connectivity index (χ3v) is 4.58. The zero-order chi connectivity index (χ0) is 20.7. The number of carbonyl (C=O) groups is 1. The Morgan fingerprint density at radius 2 is 1.52 bits per heavy atom. The number of unbranched alkanes of at least 4 members (excludes halogenated alkanes) is 4. The minimum absolute atomic E-state index is 0.141. The SMILES string of the molecule is CCCCCCCOC(=O)C(O)(c1ccccc1)C(CC)CC.OB(O)O. The molecule has 1 rings (SSSR count). The average Bonchev–Trinajstić information content (AvgIpc) is 2.65. The van der Waals surface area contributed by atoms with E-state index in [4.69, 9.17) is 19.8 Å². The van der Waals surface area contributed by atoms with E-state index in [1.807, 2.05) is 32.0 Å². The van der Waals surface area contributed by atoms with Gasteiger partial charge in [0.1, 0.15) is 0 Å². The van der Waals surface area contributed by atoms with Crippen molar-refractivity contribution in [3.8, 4) is 0 Å². The van der Waals surface area contributed by atoms with Gasteiger partial charge in [-0.2, -0.15) is 0 Å². The summed E-state index contributed by atoms with van der Waals surface area (Å²) >= 11 is 0. The maximum absolute atomic E-state index is 12.6. The minimum Gasteiger partial charge on any atom is -0.463 e. The van der Waals surface area contributed by atoms with Crippen molar-refractivity contribution in [2.24, 2.45) is 5.92 Å². The molecule has 0 amide bonds. The molecular formula is C20H35BO6. The summed E-state index contributed by atoms with van der Waals surface area (Å²) in [6.45, 7) is 6.56. The number of esters is 1. The van der Waals surface area contributed by atoms with E-state index in [1.165, 1.54) is 19.3 Å². The lowest BCUT2D eigenvalue weighted by Crippen LogP contribution is -2.44. The number of carbonyl (C=O) groups excluding carboxylic acids is 1. The number of rotatable bonds is 11. The van der Waals surface area contributed by atoms with Crippen molar-refractivity contribution >= 4 is 13.3 Å². The van der Waals surface area contributed by atoms with E-state index in [2.05, 4.69) is 6.92 Å². The van der Waals surface area contributed by atoms with Crippen molar-refractivity contribution in [2.75, 3.05) is 6.61 Å². The zero-order valence-electron chi connectivity index (χ0n) is 16.8. The van der Waals surface area contributed by atoms with Crippen LogP contribution in [0.25, 0.3) is 0 Å². The van der Waals surface area contributed by atoms with E-state index in [-0.39, 0.29) is 5.92 Å². The van der Waals surface area contributed by atoms with Gasteiger partial charge >= 0.3 is 13.3 Å². The van der Waals surface area contributed by atoms with Crippen LogP contribution in [0, 0.1) is 5.92 Å². The quantitative estimate of drug-likeness (QED) is 0.266. The van der Waals surface area contributed by atoms with E-state index in [1.54, 1.807) is 12.1 Å². The Bertz CT molecular complexity index is 490. The fourth-order valence-corrected chi connectivity index (χ4v) is 3.07. The number of hydrogen-bond acceptors (Lipinski definition) is 6. The molecule has 1 unspecified atom stereocenters. The van der Waals surface area contributed by atoms with Crippen LogP contribution in [0.2, 0.25) is 0 Å². The van der Waals surface area contributed by atoms with Gasteiger partial charge in [0.2, 0.25) is 0 Å². The Kier molecular flexibility index (Phi) is 13.9. The molecule has 0 radical (unpaired) electrons. The first-order valence-electron chi connectivity index (χ1n) is 9.83. The third-order valence-electron chi connectivity index (χ3n) is 4.58. The molecule has 1 atom stereocenters. The van der Waals surface area contributed by atoms with Crippen molar-refractivity contribution in [1.82, 2.24) is 0 Å². The molecule has 0 aliphatic heterocycles. The molecule has 154 valence electrons. The maximum Gasteiger partial charge on any atom is 0.631 e. The summed E-state index contributed by atoms with van der Waals surface area (Å²) in [4.78, 5) is 12.6. The van der Waals surface area contributed by atoms with Gasteiger partial charge in [-0.15, -0.1) is 0 Å². The highest BCUT2D eigenvalue weighted by atomic mass is 16.5. The van der Waals surface area contributed by atoms with Crippen LogP contribution >= 0.6 is 0 Å². The molecule has 0 saturated heterocycles. The average molecular weight is 382 g/mol.